The fourth-order valence-corrected chi connectivity index (χ4v) is 7.13. The molecule has 2 aliphatic carbocycles. The van der Waals surface area contributed by atoms with Crippen molar-refractivity contribution in [2.75, 3.05) is 4.90 Å². The Balaban J connectivity index is 1.30. The molecule has 4 aromatic rings. The first-order valence-corrected chi connectivity index (χ1v) is 18.4. The number of allylic oxidation sites excluding steroid dienone is 8. The lowest BCUT2D eigenvalue weighted by Gasteiger charge is -2.38. The van der Waals surface area contributed by atoms with Gasteiger partial charge in [-0.15, -0.1) is 13.2 Å². The third-order valence-electron chi connectivity index (χ3n) is 9.97. The minimum absolute atomic E-state index is 0.127. The Morgan fingerprint density at radius 2 is 1.42 bits per heavy atom. The van der Waals surface area contributed by atoms with E-state index in [2.05, 4.69) is 194 Å². The molecule has 3 atom stereocenters. The van der Waals surface area contributed by atoms with Crippen LogP contribution in [0.25, 0.3) is 17.2 Å². The van der Waals surface area contributed by atoms with Crippen LogP contribution in [0.15, 0.2) is 213 Å². The van der Waals surface area contributed by atoms with Crippen LogP contribution in [0.3, 0.4) is 0 Å². The monoisotopic (exact) mass is 678 g/mol. The van der Waals surface area contributed by atoms with E-state index in [1.807, 2.05) is 18.2 Å². The van der Waals surface area contributed by atoms with Crippen LogP contribution in [0.5, 0.6) is 0 Å². The molecule has 52 heavy (non-hydrogen) atoms. The average molecular weight is 679 g/mol. The quantitative estimate of drug-likeness (QED) is 0.0860. The van der Waals surface area contributed by atoms with Crippen molar-refractivity contribution in [1.82, 2.24) is 4.90 Å². The van der Waals surface area contributed by atoms with Crippen molar-refractivity contribution in [3.8, 4) is 11.1 Å². The number of hydrogen-bond acceptors (Lipinski definition) is 2. The molecule has 2 heteroatoms. The summed E-state index contributed by atoms with van der Waals surface area (Å²) in [5, 5.41) is 0. The molecule has 0 aliphatic heterocycles. The van der Waals surface area contributed by atoms with Gasteiger partial charge in [0, 0.05) is 34.9 Å². The van der Waals surface area contributed by atoms with Gasteiger partial charge in [-0.1, -0.05) is 153 Å². The van der Waals surface area contributed by atoms with E-state index < -0.39 is 0 Å². The molecule has 0 spiro atoms. The minimum atomic E-state index is 0.127. The van der Waals surface area contributed by atoms with Gasteiger partial charge >= 0.3 is 0 Å². The SMILES string of the molecule is C=CCCC(C=CN(C(=C)C=CC(=C)N(C1=CCC(c2ccccc2)C=C1)C1CC=Cc2ccccc21)c1ccc(-c2ccccc2)cc1)CC=C. The summed E-state index contributed by atoms with van der Waals surface area (Å²) in [4.78, 5) is 4.59. The second kappa shape index (κ2) is 17.9. The minimum Gasteiger partial charge on any atom is -0.334 e. The zero-order valence-electron chi connectivity index (χ0n) is 30.2. The van der Waals surface area contributed by atoms with Gasteiger partial charge in [-0.25, -0.2) is 0 Å². The molecule has 0 saturated heterocycles. The predicted octanol–water partition coefficient (Wildman–Crippen LogP) is 13.5. The van der Waals surface area contributed by atoms with Crippen LogP contribution in [0.4, 0.5) is 5.69 Å². The molecule has 0 N–H and O–H groups in total. The van der Waals surface area contributed by atoms with Gasteiger partial charge in [0.1, 0.15) is 0 Å². The molecule has 2 nitrogen and oxygen atoms in total. The highest BCUT2D eigenvalue weighted by atomic mass is 15.2. The highest BCUT2D eigenvalue weighted by molar-refractivity contribution is 5.68. The molecule has 4 aromatic carbocycles. The van der Waals surface area contributed by atoms with Crippen LogP contribution in [0.2, 0.25) is 0 Å². The van der Waals surface area contributed by atoms with Crippen molar-refractivity contribution < 1.29 is 0 Å². The van der Waals surface area contributed by atoms with Gasteiger partial charge in [0.2, 0.25) is 0 Å². The number of benzene rings is 4. The largest absolute Gasteiger partial charge is 0.334 e. The molecule has 0 bridgehead atoms. The molecule has 0 heterocycles. The maximum Gasteiger partial charge on any atom is 0.0631 e. The standard InChI is InChI=1S/C50H50N2/c1-5-7-18-41(17-6-2)37-38-51(47-33-29-44(30-34-47)42-19-10-8-11-20-42)39(3)27-28-40(4)52(50-26-16-24-46-23-14-15-25-49(46)50)48-35-31-45(32-36-48)43-21-12-9-13-22-43/h5-6,8-16,19-25,27-31,33-38,41,45,50H,1-4,7,17-18,26,32H2. The first kappa shape index (κ1) is 35.9. The zero-order valence-corrected chi connectivity index (χ0v) is 30.2. The van der Waals surface area contributed by atoms with Crippen LogP contribution in [-0.4, -0.2) is 4.90 Å². The van der Waals surface area contributed by atoms with Crippen LogP contribution in [0, 0.1) is 5.92 Å². The van der Waals surface area contributed by atoms with E-state index in [1.165, 1.54) is 33.5 Å². The van der Waals surface area contributed by atoms with Crippen LogP contribution < -0.4 is 4.90 Å². The van der Waals surface area contributed by atoms with E-state index in [1.54, 1.807) is 0 Å². The van der Waals surface area contributed by atoms with Crippen molar-refractivity contribution >= 4 is 11.8 Å². The topological polar surface area (TPSA) is 6.48 Å². The summed E-state index contributed by atoms with van der Waals surface area (Å²) < 4.78 is 0. The highest BCUT2D eigenvalue weighted by Gasteiger charge is 2.27. The normalized spacial score (nSPS) is 17.0. The smallest absolute Gasteiger partial charge is 0.0631 e. The molecule has 0 fully saturated rings. The molecule has 6 rings (SSSR count). The van der Waals surface area contributed by atoms with Gasteiger partial charge in [0.15, 0.2) is 0 Å². The maximum absolute atomic E-state index is 4.68. The van der Waals surface area contributed by atoms with Crippen molar-refractivity contribution in [3.05, 3.63) is 230 Å². The zero-order chi connectivity index (χ0) is 36.1. The van der Waals surface area contributed by atoms with E-state index in [4.69, 9.17) is 0 Å². The third-order valence-corrected chi connectivity index (χ3v) is 9.97. The average Bonchev–Trinajstić information content (AvgIpc) is 3.20. The van der Waals surface area contributed by atoms with Gasteiger partial charge in [-0.3, -0.25) is 0 Å². The van der Waals surface area contributed by atoms with E-state index in [0.29, 0.717) is 11.8 Å². The second-order valence-corrected chi connectivity index (χ2v) is 13.5. The van der Waals surface area contributed by atoms with Crippen LogP contribution in [-0.2, 0) is 0 Å². The van der Waals surface area contributed by atoms with Crippen molar-refractivity contribution in [2.24, 2.45) is 5.92 Å². The van der Waals surface area contributed by atoms with E-state index in [0.717, 1.165) is 49.2 Å². The number of hydrogen-bond donors (Lipinski definition) is 0. The van der Waals surface area contributed by atoms with Crippen molar-refractivity contribution in [2.45, 2.75) is 44.1 Å². The number of nitrogens with zero attached hydrogens (tertiary/aromatic N) is 2. The summed E-state index contributed by atoms with van der Waals surface area (Å²) in [6.07, 6.45) is 28.9. The predicted molar refractivity (Wildman–Crippen MR) is 224 cm³/mol. The van der Waals surface area contributed by atoms with Gasteiger partial charge in [0.05, 0.1) is 6.04 Å². The highest BCUT2D eigenvalue weighted by Crippen LogP contribution is 2.40. The second-order valence-electron chi connectivity index (χ2n) is 13.5. The lowest BCUT2D eigenvalue weighted by molar-refractivity contribution is 0.334. The van der Waals surface area contributed by atoms with Gasteiger partial charge < -0.3 is 9.80 Å². The summed E-state index contributed by atoms with van der Waals surface area (Å²) >= 11 is 0. The first-order chi connectivity index (χ1) is 25.6. The fourth-order valence-electron chi connectivity index (χ4n) is 7.13. The van der Waals surface area contributed by atoms with Crippen LogP contribution in [0.1, 0.15) is 60.8 Å². The Morgan fingerprint density at radius 1 is 0.731 bits per heavy atom. The molecule has 0 radical (unpaired) electrons. The Kier molecular flexibility index (Phi) is 12.4. The number of fused-ring (bicyclic) bond motifs is 1. The van der Waals surface area contributed by atoms with Crippen molar-refractivity contribution in [1.29, 1.82) is 0 Å². The molecule has 2 aliphatic rings. The molecule has 3 unspecified atom stereocenters. The molecule has 0 amide bonds. The third kappa shape index (κ3) is 8.89. The molecular weight excluding hydrogens is 629 g/mol. The number of anilines is 1. The maximum atomic E-state index is 4.68. The number of rotatable bonds is 16. The van der Waals surface area contributed by atoms with E-state index in [-0.39, 0.29) is 6.04 Å². The molecular formula is C50H50N2. The first-order valence-electron chi connectivity index (χ1n) is 18.4. The van der Waals surface area contributed by atoms with Gasteiger partial charge in [-0.2, -0.15) is 0 Å². The molecule has 0 aromatic heterocycles. The summed E-state index contributed by atoms with van der Waals surface area (Å²) in [6.45, 7) is 17.2. The Bertz CT molecular complexity index is 1990. The van der Waals surface area contributed by atoms with E-state index >= 15 is 0 Å². The molecule has 260 valence electrons. The Hall–Kier alpha value is -5.86. The van der Waals surface area contributed by atoms with Crippen LogP contribution >= 0.6 is 0 Å². The lowest BCUT2D eigenvalue weighted by atomic mass is 9.88. The Morgan fingerprint density at radius 3 is 2.13 bits per heavy atom. The summed E-state index contributed by atoms with van der Waals surface area (Å²) in [7, 11) is 0. The summed E-state index contributed by atoms with van der Waals surface area (Å²) in [6, 6.07) is 38.8. The van der Waals surface area contributed by atoms with E-state index in [9.17, 15) is 0 Å². The summed E-state index contributed by atoms with van der Waals surface area (Å²) in [5.41, 5.74) is 10.3. The molecule has 0 saturated carbocycles. The fraction of sp³-hybridized carbons (Fsp3) is 0.160. The van der Waals surface area contributed by atoms with Crippen molar-refractivity contribution in [3.63, 3.8) is 0 Å². The van der Waals surface area contributed by atoms with Gasteiger partial charge in [0.25, 0.3) is 0 Å². The van der Waals surface area contributed by atoms with Gasteiger partial charge in [-0.05, 0) is 96.2 Å². The lowest BCUT2D eigenvalue weighted by Crippen LogP contribution is -2.28. The summed E-state index contributed by atoms with van der Waals surface area (Å²) in [5.74, 6) is 0.715. The Labute approximate surface area is 311 Å².